The molecule has 1 fully saturated rings. The summed E-state index contributed by atoms with van der Waals surface area (Å²) in [5, 5.41) is 0. The SMILES string of the molecule is COc1cncc(O[C@H]2CCN(C(=O)c3ccoc3)C2)n1. The number of ether oxygens (including phenoxy) is 2. The number of rotatable bonds is 4. The zero-order valence-corrected chi connectivity index (χ0v) is 11.6. The smallest absolute Gasteiger partial charge is 0.257 e. The summed E-state index contributed by atoms with van der Waals surface area (Å²) in [6.45, 7) is 1.16. The number of hydrogen-bond acceptors (Lipinski definition) is 6. The van der Waals surface area contributed by atoms with Crippen molar-refractivity contribution in [3.8, 4) is 11.8 Å². The van der Waals surface area contributed by atoms with Crippen molar-refractivity contribution in [2.45, 2.75) is 12.5 Å². The molecule has 7 nitrogen and oxygen atoms in total. The van der Waals surface area contributed by atoms with Crippen molar-refractivity contribution < 1.29 is 18.7 Å². The average Bonchev–Trinajstić information content (AvgIpc) is 3.18. The summed E-state index contributed by atoms with van der Waals surface area (Å²) in [5.41, 5.74) is 0.553. The van der Waals surface area contributed by atoms with Crippen LogP contribution < -0.4 is 9.47 Å². The van der Waals surface area contributed by atoms with Crippen LogP contribution in [0.25, 0.3) is 0 Å². The lowest BCUT2D eigenvalue weighted by Gasteiger charge is -2.16. The molecular formula is C14H15N3O4. The molecular weight excluding hydrogens is 274 g/mol. The normalized spacial score (nSPS) is 17.8. The number of carbonyl (C=O) groups excluding carboxylic acids is 1. The lowest BCUT2D eigenvalue weighted by Crippen LogP contribution is -2.30. The van der Waals surface area contributed by atoms with Gasteiger partial charge in [-0.2, -0.15) is 4.98 Å². The van der Waals surface area contributed by atoms with E-state index in [1.165, 1.54) is 32.0 Å². The fraction of sp³-hybridized carbons (Fsp3) is 0.357. The van der Waals surface area contributed by atoms with Crippen molar-refractivity contribution in [2.24, 2.45) is 0 Å². The molecule has 2 aromatic heterocycles. The highest BCUT2D eigenvalue weighted by molar-refractivity contribution is 5.94. The summed E-state index contributed by atoms with van der Waals surface area (Å²) in [5.74, 6) is 0.750. The van der Waals surface area contributed by atoms with Crippen LogP contribution in [0.3, 0.4) is 0 Å². The van der Waals surface area contributed by atoms with Crippen molar-refractivity contribution >= 4 is 5.91 Å². The van der Waals surface area contributed by atoms with Gasteiger partial charge in [0.2, 0.25) is 11.8 Å². The first-order valence-electron chi connectivity index (χ1n) is 6.60. The molecule has 1 aliphatic heterocycles. The Kier molecular flexibility index (Phi) is 3.72. The summed E-state index contributed by atoms with van der Waals surface area (Å²) in [6.07, 6.45) is 6.64. The van der Waals surface area contributed by atoms with Gasteiger partial charge in [0.25, 0.3) is 5.91 Å². The van der Waals surface area contributed by atoms with E-state index in [2.05, 4.69) is 9.97 Å². The molecule has 0 saturated carbocycles. The Bertz CT molecular complexity index is 614. The fourth-order valence-electron chi connectivity index (χ4n) is 2.23. The van der Waals surface area contributed by atoms with Crippen LogP contribution in [0.15, 0.2) is 35.4 Å². The van der Waals surface area contributed by atoms with Gasteiger partial charge in [0.15, 0.2) is 0 Å². The zero-order chi connectivity index (χ0) is 14.7. The van der Waals surface area contributed by atoms with Gasteiger partial charge in [-0.3, -0.25) is 9.78 Å². The maximum Gasteiger partial charge on any atom is 0.257 e. The van der Waals surface area contributed by atoms with Gasteiger partial charge < -0.3 is 18.8 Å². The van der Waals surface area contributed by atoms with Crippen LogP contribution in [0, 0.1) is 0 Å². The number of amides is 1. The predicted molar refractivity (Wildman–Crippen MR) is 72.2 cm³/mol. The largest absolute Gasteiger partial charge is 0.480 e. The first-order valence-corrected chi connectivity index (χ1v) is 6.60. The van der Waals surface area contributed by atoms with Crippen molar-refractivity contribution in [1.29, 1.82) is 0 Å². The quantitative estimate of drug-likeness (QED) is 0.846. The highest BCUT2D eigenvalue weighted by Gasteiger charge is 2.29. The standard InChI is InChI=1S/C14H15N3O4/c1-19-12-6-15-7-13(16-12)21-11-2-4-17(8-11)14(18)10-3-5-20-9-10/h3,5-7,9,11H,2,4,8H2,1H3/t11-/m0/s1. The summed E-state index contributed by atoms with van der Waals surface area (Å²) < 4.78 is 15.7. The Labute approximate surface area is 121 Å². The molecule has 110 valence electrons. The maximum atomic E-state index is 12.2. The minimum Gasteiger partial charge on any atom is -0.480 e. The lowest BCUT2D eigenvalue weighted by molar-refractivity contribution is 0.0770. The Hall–Kier alpha value is -2.57. The van der Waals surface area contributed by atoms with E-state index in [1.807, 2.05) is 0 Å². The van der Waals surface area contributed by atoms with Crippen LogP contribution in [0.2, 0.25) is 0 Å². The lowest BCUT2D eigenvalue weighted by atomic mass is 10.3. The number of methoxy groups -OCH3 is 1. The molecule has 0 radical (unpaired) electrons. The van der Waals surface area contributed by atoms with Crippen LogP contribution in [-0.4, -0.2) is 47.1 Å². The second-order valence-electron chi connectivity index (χ2n) is 4.69. The van der Waals surface area contributed by atoms with Gasteiger partial charge in [-0.05, 0) is 6.07 Å². The molecule has 3 rings (SSSR count). The number of likely N-dealkylation sites (tertiary alicyclic amines) is 1. The molecule has 1 aliphatic rings. The minimum absolute atomic E-state index is 0.0495. The first kappa shape index (κ1) is 13.4. The minimum atomic E-state index is -0.0951. The van der Waals surface area contributed by atoms with Crippen molar-refractivity contribution in [1.82, 2.24) is 14.9 Å². The molecule has 0 unspecified atom stereocenters. The van der Waals surface area contributed by atoms with Crippen LogP contribution in [0.1, 0.15) is 16.8 Å². The van der Waals surface area contributed by atoms with Crippen LogP contribution in [-0.2, 0) is 0 Å². The topological polar surface area (TPSA) is 77.7 Å². The highest BCUT2D eigenvalue weighted by atomic mass is 16.5. The van der Waals surface area contributed by atoms with Crippen molar-refractivity contribution in [3.63, 3.8) is 0 Å². The Morgan fingerprint density at radius 3 is 3.05 bits per heavy atom. The molecule has 0 spiro atoms. The van der Waals surface area contributed by atoms with E-state index in [1.54, 1.807) is 11.0 Å². The van der Waals surface area contributed by atoms with Gasteiger partial charge in [-0.25, -0.2) is 0 Å². The van der Waals surface area contributed by atoms with Crippen molar-refractivity contribution in [2.75, 3.05) is 20.2 Å². The molecule has 1 saturated heterocycles. The van der Waals surface area contributed by atoms with E-state index >= 15 is 0 Å². The molecule has 3 heterocycles. The first-order chi connectivity index (χ1) is 10.3. The highest BCUT2D eigenvalue weighted by Crippen LogP contribution is 2.19. The van der Waals surface area contributed by atoms with Gasteiger partial charge in [0, 0.05) is 13.0 Å². The van der Waals surface area contributed by atoms with E-state index in [-0.39, 0.29) is 12.0 Å². The third-order valence-electron chi connectivity index (χ3n) is 3.29. The van der Waals surface area contributed by atoms with E-state index in [4.69, 9.17) is 13.9 Å². The summed E-state index contributed by atoms with van der Waals surface area (Å²) >= 11 is 0. The van der Waals surface area contributed by atoms with E-state index in [0.29, 0.717) is 30.4 Å². The van der Waals surface area contributed by atoms with Crippen LogP contribution in [0.5, 0.6) is 11.8 Å². The third kappa shape index (κ3) is 2.96. The third-order valence-corrected chi connectivity index (χ3v) is 3.29. The molecule has 0 N–H and O–H groups in total. The monoisotopic (exact) mass is 289 g/mol. The molecule has 21 heavy (non-hydrogen) atoms. The van der Waals surface area contributed by atoms with E-state index < -0.39 is 0 Å². The predicted octanol–water partition coefficient (Wildman–Crippen LogP) is 1.37. The van der Waals surface area contributed by atoms with Gasteiger partial charge in [0.1, 0.15) is 12.4 Å². The summed E-state index contributed by atoms with van der Waals surface area (Å²) in [4.78, 5) is 22.0. The molecule has 1 amide bonds. The fourth-order valence-corrected chi connectivity index (χ4v) is 2.23. The van der Waals surface area contributed by atoms with Gasteiger partial charge in [-0.1, -0.05) is 0 Å². The summed E-state index contributed by atoms with van der Waals surface area (Å²) in [7, 11) is 1.52. The molecule has 1 atom stereocenters. The molecule has 0 bridgehead atoms. The number of nitrogens with zero attached hydrogens (tertiary/aromatic N) is 3. The average molecular weight is 289 g/mol. The Balaban J connectivity index is 1.60. The number of furan rings is 1. The van der Waals surface area contributed by atoms with Crippen molar-refractivity contribution in [3.05, 3.63) is 36.5 Å². The molecule has 2 aromatic rings. The van der Waals surface area contributed by atoms with Gasteiger partial charge in [-0.15, -0.1) is 0 Å². The Morgan fingerprint density at radius 1 is 1.43 bits per heavy atom. The number of hydrogen-bond donors (Lipinski definition) is 0. The second-order valence-corrected chi connectivity index (χ2v) is 4.69. The molecule has 0 aliphatic carbocycles. The van der Waals surface area contributed by atoms with E-state index in [0.717, 1.165) is 6.42 Å². The van der Waals surface area contributed by atoms with E-state index in [9.17, 15) is 4.79 Å². The van der Waals surface area contributed by atoms with Gasteiger partial charge in [0.05, 0.1) is 37.9 Å². The van der Waals surface area contributed by atoms with Crippen LogP contribution in [0.4, 0.5) is 0 Å². The maximum absolute atomic E-state index is 12.2. The van der Waals surface area contributed by atoms with Crippen LogP contribution >= 0.6 is 0 Å². The molecule has 0 aromatic carbocycles. The zero-order valence-electron chi connectivity index (χ0n) is 11.6. The van der Waals surface area contributed by atoms with Gasteiger partial charge >= 0.3 is 0 Å². The number of aromatic nitrogens is 2. The number of carbonyl (C=O) groups is 1. The Morgan fingerprint density at radius 2 is 2.29 bits per heavy atom. The second kappa shape index (κ2) is 5.82. The summed E-state index contributed by atoms with van der Waals surface area (Å²) in [6, 6.07) is 1.66. The molecule has 7 heteroatoms.